The number of likely N-dealkylation sites (tertiary alicyclic amines) is 1. The van der Waals surface area contributed by atoms with Gasteiger partial charge < -0.3 is 9.64 Å². The van der Waals surface area contributed by atoms with Gasteiger partial charge in [-0.1, -0.05) is 54.6 Å². The molecule has 1 saturated heterocycles. The summed E-state index contributed by atoms with van der Waals surface area (Å²) in [5.41, 5.74) is 2.72. The molecule has 4 nitrogen and oxygen atoms in total. The van der Waals surface area contributed by atoms with Crippen molar-refractivity contribution in [2.75, 3.05) is 6.54 Å². The monoisotopic (exact) mass is 323 g/mol. The number of hydrogen-bond acceptors (Lipinski definition) is 3. The molecule has 0 unspecified atom stereocenters. The van der Waals surface area contributed by atoms with Crippen molar-refractivity contribution in [1.82, 2.24) is 4.90 Å². The van der Waals surface area contributed by atoms with Gasteiger partial charge in [-0.3, -0.25) is 4.79 Å². The summed E-state index contributed by atoms with van der Waals surface area (Å²) in [4.78, 5) is 25.6. The van der Waals surface area contributed by atoms with Crippen LogP contribution in [0.1, 0.15) is 47.3 Å². The van der Waals surface area contributed by atoms with E-state index in [9.17, 15) is 9.59 Å². The van der Waals surface area contributed by atoms with Gasteiger partial charge in [0.2, 0.25) is 0 Å². The van der Waals surface area contributed by atoms with Gasteiger partial charge in [-0.2, -0.15) is 0 Å². The fourth-order valence-electron chi connectivity index (χ4n) is 3.07. The second kappa shape index (κ2) is 7.30. The number of ether oxygens (including phenoxy) is 1. The number of ketones is 1. The van der Waals surface area contributed by atoms with Gasteiger partial charge in [0.15, 0.2) is 5.78 Å². The summed E-state index contributed by atoms with van der Waals surface area (Å²) < 4.78 is 5.46. The molecular weight excluding hydrogens is 302 g/mol. The summed E-state index contributed by atoms with van der Waals surface area (Å²) in [7, 11) is 0. The first-order valence-corrected chi connectivity index (χ1v) is 8.23. The Morgan fingerprint density at radius 3 is 2.46 bits per heavy atom. The minimum absolute atomic E-state index is 0.0225. The van der Waals surface area contributed by atoms with Crippen LogP contribution in [-0.2, 0) is 11.3 Å². The molecule has 2 aromatic rings. The maximum Gasteiger partial charge on any atom is 0.410 e. The fourth-order valence-corrected chi connectivity index (χ4v) is 3.07. The minimum atomic E-state index is -0.281. The van der Waals surface area contributed by atoms with Gasteiger partial charge in [-0.15, -0.1) is 0 Å². The lowest BCUT2D eigenvalue weighted by molar-refractivity contribution is 0.0919. The van der Waals surface area contributed by atoms with E-state index in [1.807, 2.05) is 54.6 Å². The number of Topliss-reactive ketones (excluding diaryl/α,β-unsaturated/α-hetero) is 1. The molecule has 1 heterocycles. The lowest BCUT2D eigenvalue weighted by Gasteiger charge is -2.24. The molecule has 0 aromatic heterocycles. The number of carbonyl (C=O) groups is 2. The summed E-state index contributed by atoms with van der Waals surface area (Å²) in [6, 6.07) is 17.2. The average Bonchev–Trinajstić information content (AvgIpc) is 3.10. The minimum Gasteiger partial charge on any atom is -0.445 e. The second-order valence-electron chi connectivity index (χ2n) is 6.07. The Morgan fingerprint density at radius 2 is 1.79 bits per heavy atom. The quantitative estimate of drug-likeness (QED) is 0.785. The van der Waals surface area contributed by atoms with Crippen LogP contribution in [0.25, 0.3) is 0 Å². The first-order valence-electron chi connectivity index (χ1n) is 8.23. The van der Waals surface area contributed by atoms with Gasteiger partial charge in [0.1, 0.15) is 6.61 Å². The van der Waals surface area contributed by atoms with E-state index >= 15 is 0 Å². The Morgan fingerprint density at radius 1 is 1.08 bits per heavy atom. The van der Waals surface area contributed by atoms with Crippen molar-refractivity contribution in [2.45, 2.75) is 32.4 Å². The van der Waals surface area contributed by atoms with Gasteiger partial charge in [0, 0.05) is 12.1 Å². The molecule has 1 amide bonds. The van der Waals surface area contributed by atoms with Crippen molar-refractivity contribution in [3.05, 3.63) is 71.3 Å². The highest BCUT2D eigenvalue weighted by atomic mass is 16.6. The molecule has 0 bridgehead atoms. The van der Waals surface area contributed by atoms with Crippen LogP contribution in [-0.4, -0.2) is 23.3 Å². The number of nitrogens with zero attached hydrogens (tertiary/aromatic N) is 1. The molecule has 0 spiro atoms. The Hall–Kier alpha value is -2.62. The van der Waals surface area contributed by atoms with Crippen LogP contribution in [0.3, 0.4) is 0 Å². The van der Waals surface area contributed by atoms with Crippen molar-refractivity contribution in [2.24, 2.45) is 0 Å². The van der Waals surface area contributed by atoms with Gasteiger partial charge >= 0.3 is 6.09 Å². The first-order chi connectivity index (χ1) is 11.6. The molecular formula is C20H21NO3. The molecule has 0 N–H and O–H groups in total. The van der Waals surface area contributed by atoms with Crippen LogP contribution in [0.5, 0.6) is 0 Å². The number of hydrogen-bond donors (Lipinski definition) is 0. The van der Waals surface area contributed by atoms with Crippen molar-refractivity contribution < 1.29 is 14.3 Å². The highest BCUT2D eigenvalue weighted by Crippen LogP contribution is 2.32. The third-order valence-corrected chi connectivity index (χ3v) is 4.39. The van der Waals surface area contributed by atoms with Crippen LogP contribution in [0, 0.1) is 0 Å². The zero-order valence-electron chi connectivity index (χ0n) is 13.8. The van der Waals surface area contributed by atoms with Gasteiger partial charge in [-0.05, 0) is 30.9 Å². The van der Waals surface area contributed by atoms with E-state index in [-0.39, 0.29) is 24.5 Å². The van der Waals surface area contributed by atoms with E-state index in [2.05, 4.69) is 0 Å². The van der Waals surface area contributed by atoms with Crippen LogP contribution in [0.2, 0.25) is 0 Å². The van der Waals surface area contributed by atoms with E-state index in [1.54, 1.807) is 11.8 Å². The van der Waals surface area contributed by atoms with Crippen LogP contribution in [0.15, 0.2) is 54.6 Å². The first kappa shape index (κ1) is 16.2. The Labute approximate surface area is 142 Å². The third-order valence-electron chi connectivity index (χ3n) is 4.39. The van der Waals surface area contributed by atoms with Crippen molar-refractivity contribution in [1.29, 1.82) is 0 Å². The topological polar surface area (TPSA) is 46.6 Å². The molecule has 0 radical (unpaired) electrons. The SMILES string of the molecule is CC(=O)c1ccc([C@H]2CCCN2C(=O)OCc2ccccc2)cc1. The van der Waals surface area contributed by atoms with Crippen LogP contribution < -0.4 is 0 Å². The lowest BCUT2D eigenvalue weighted by Crippen LogP contribution is -2.31. The number of rotatable bonds is 4. The zero-order valence-corrected chi connectivity index (χ0v) is 13.8. The maximum absolute atomic E-state index is 12.4. The molecule has 1 aliphatic heterocycles. The fraction of sp³-hybridized carbons (Fsp3) is 0.300. The van der Waals surface area contributed by atoms with Gasteiger partial charge in [-0.25, -0.2) is 4.79 Å². The van der Waals surface area contributed by atoms with E-state index in [1.165, 1.54) is 0 Å². The smallest absolute Gasteiger partial charge is 0.410 e. The van der Waals surface area contributed by atoms with E-state index in [4.69, 9.17) is 4.74 Å². The summed E-state index contributed by atoms with van der Waals surface area (Å²) in [6.07, 6.45) is 1.59. The van der Waals surface area contributed by atoms with E-state index < -0.39 is 0 Å². The number of carbonyl (C=O) groups excluding carboxylic acids is 2. The number of amides is 1. The Kier molecular flexibility index (Phi) is 4.94. The van der Waals surface area contributed by atoms with Crippen LogP contribution in [0.4, 0.5) is 4.79 Å². The van der Waals surface area contributed by atoms with E-state index in [0.29, 0.717) is 12.1 Å². The average molecular weight is 323 g/mol. The molecule has 1 fully saturated rings. The third kappa shape index (κ3) is 3.65. The van der Waals surface area contributed by atoms with Gasteiger partial charge in [0.25, 0.3) is 0 Å². The Bertz CT molecular complexity index is 709. The molecule has 24 heavy (non-hydrogen) atoms. The second-order valence-corrected chi connectivity index (χ2v) is 6.07. The molecule has 0 saturated carbocycles. The highest BCUT2D eigenvalue weighted by Gasteiger charge is 2.31. The largest absolute Gasteiger partial charge is 0.445 e. The maximum atomic E-state index is 12.4. The molecule has 1 aliphatic rings. The molecule has 4 heteroatoms. The molecule has 124 valence electrons. The summed E-state index contributed by atoms with van der Waals surface area (Å²) in [6.45, 7) is 2.54. The lowest BCUT2D eigenvalue weighted by atomic mass is 10.0. The molecule has 0 aliphatic carbocycles. The van der Waals surface area contributed by atoms with Crippen molar-refractivity contribution >= 4 is 11.9 Å². The van der Waals surface area contributed by atoms with Crippen LogP contribution >= 0.6 is 0 Å². The molecule has 2 aromatic carbocycles. The van der Waals surface area contributed by atoms with Crippen molar-refractivity contribution in [3.8, 4) is 0 Å². The predicted octanol–water partition coefficient (Wildman–Crippen LogP) is 4.36. The predicted molar refractivity (Wildman–Crippen MR) is 91.8 cm³/mol. The van der Waals surface area contributed by atoms with E-state index in [0.717, 1.165) is 24.0 Å². The Balaban J connectivity index is 1.66. The zero-order chi connectivity index (χ0) is 16.9. The molecule has 1 atom stereocenters. The van der Waals surface area contributed by atoms with Gasteiger partial charge in [0.05, 0.1) is 6.04 Å². The summed E-state index contributed by atoms with van der Waals surface area (Å²) in [5, 5.41) is 0. The number of benzene rings is 2. The highest BCUT2D eigenvalue weighted by molar-refractivity contribution is 5.94. The normalized spacial score (nSPS) is 16.9. The summed E-state index contributed by atoms with van der Waals surface area (Å²) in [5.74, 6) is 0.0482. The molecule has 3 rings (SSSR count). The van der Waals surface area contributed by atoms with Crippen molar-refractivity contribution in [3.63, 3.8) is 0 Å². The summed E-state index contributed by atoms with van der Waals surface area (Å²) >= 11 is 0. The standard InChI is InChI=1S/C20H21NO3/c1-15(22)17-9-11-18(12-10-17)19-8-5-13-21(19)20(23)24-14-16-6-3-2-4-7-16/h2-4,6-7,9-12,19H,5,8,13-14H2,1H3/t19-/m1/s1.